The van der Waals surface area contributed by atoms with Crippen LogP contribution in [0, 0.1) is 5.41 Å². The number of aromatic amines is 1. The fourth-order valence-electron chi connectivity index (χ4n) is 2.16. The van der Waals surface area contributed by atoms with E-state index in [2.05, 4.69) is 22.4 Å². The van der Waals surface area contributed by atoms with Gasteiger partial charge in [-0.15, -0.1) is 0 Å². The fourth-order valence-corrected chi connectivity index (χ4v) is 3.48. The number of rotatable bonds is 5. The number of hydrogen-bond donors (Lipinski definition) is 2. The molecule has 8 heteroatoms. The van der Waals surface area contributed by atoms with Crippen molar-refractivity contribution in [1.29, 1.82) is 0 Å². The maximum Gasteiger partial charge on any atom is 0.273 e. The van der Waals surface area contributed by atoms with Gasteiger partial charge in [-0.3, -0.25) is 9.89 Å². The molecule has 0 radical (unpaired) electrons. The zero-order valence-electron chi connectivity index (χ0n) is 11.1. The van der Waals surface area contributed by atoms with E-state index in [-0.39, 0.29) is 21.9 Å². The summed E-state index contributed by atoms with van der Waals surface area (Å²) in [6.45, 7) is 2.60. The van der Waals surface area contributed by atoms with Crippen LogP contribution in [-0.4, -0.2) is 31.1 Å². The molecule has 6 nitrogen and oxygen atoms in total. The monoisotopic (exact) mass is 317 g/mol. The van der Waals surface area contributed by atoms with Crippen LogP contribution in [0.1, 0.15) is 54.7 Å². The van der Waals surface area contributed by atoms with Gasteiger partial charge in [-0.05, 0) is 31.1 Å². The molecule has 1 aromatic heterocycles. The Morgan fingerprint density at radius 2 is 2.15 bits per heavy atom. The molecule has 2 saturated carbocycles. The van der Waals surface area contributed by atoms with Gasteiger partial charge in [0, 0.05) is 23.1 Å². The minimum absolute atomic E-state index is 0.119. The summed E-state index contributed by atoms with van der Waals surface area (Å²) in [7, 11) is 1.47. The summed E-state index contributed by atoms with van der Waals surface area (Å²) in [6, 6.07) is 0. The zero-order valence-corrected chi connectivity index (χ0v) is 12.6. The standard InChI is InChI=1S/C12H16ClN3O3S/c1-12(4-5-12)6-14-11(17)9-10(20(13,18)19)8(15-16-9)7-2-3-7/h7H,2-6H2,1H3,(H,14,17)(H,15,16). The highest BCUT2D eigenvalue weighted by Gasteiger charge is 2.39. The van der Waals surface area contributed by atoms with E-state index in [0.29, 0.717) is 12.2 Å². The van der Waals surface area contributed by atoms with Gasteiger partial charge in [0.1, 0.15) is 4.90 Å². The highest BCUT2D eigenvalue weighted by Crippen LogP contribution is 2.45. The number of hydrogen-bond acceptors (Lipinski definition) is 4. The molecule has 20 heavy (non-hydrogen) atoms. The van der Waals surface area contributed by atoms with Crippen LogP contribution in [0.15, 0.2) is 4.90 Å². The van der Waals surface area contributed by atoms with Gasteiger partial charge < -0.3 is 5.32 Å². The molecule has 2 aliphatic carbocycles. The third kappa shape index (κ3) is 2.69. The van der Waals surface area contributed by atoms with Crippen molar-refractivity contribution in [3.63, 3.8) is 0 Å². The molecule has 0 aromatic carbocycles. The van der Waals surface area contributed by atoms with Crippen molar-refractivity contribution in [1.82, 2.24) is 15.5 Å². The molecular weight excluding hydrogens is 302 g/mol. The molecule has 3 rings (SSSR count). The van der Waals surface area contributed by atoms with Gasteiger partial charge >= 0.3 is 0 Å². The van der Waals surface area contributed by atoms with Crippen LogP contribution in [0.3, 0.4) is 0 Å². The summed E-state index contributed by atoms with van der Waals surface area (Å²) < 4.78 is 23.4. The van der Waals surface area contributed by atoms with Crippen molar-refractivity contribution < 1.29 is 13.2 Å². The lowest BCUT2D eigenvalue weighted by Gasteiger charge is -2.09. The molecule has 0 spiro atoms. The third-order valence-electron chi connectivity index (χ3n) is 3.97. The van der Waals surface area contributed by atoms with Crippen LogP contribution >= 0.6 is 10.7 Å². The molecule has 1 amide bonds. The predicted octanol–water partition coefficient (Wildman–Crippen LogP) is 1.74. The van der Waals surface area contributed by atoms with E-state index >= 15 is 0 Å². The number of halogens is 1. The van der Waals surface area contributed by atoms with Crippen LogP contribution in [0.5, 0.6) is 0 Å². The van der Waals surface area contributed by atoms with Gasteiger partial charge in [0.25, 0.3) is 15.0 Å². The van der Waals surface area contributed by atoms with Crippen molar-refractivity contribution in [2.75, 3.05) is 6.54 Å². The molecule has 0 atom stereocenters. The zero-order chi connectivity index (χ0) is 14.5. The first kappa shape index (κ1) is 13.9. The Kier molecular flexibility index (Phi) is 3.10. The molecule has 1 aromatic rings. The summed E-state index contributed by atoms with van der Waals surface area (Å²) >= 11 is 0. The highest BCUT2D eigenvalue weighted by atomic mass is 35.7. The molecule has 2 fully saturated rings. The number of nitrogens with one attached hydrogen (secondary N) is 2. The Hall–Kier alpha value is -1.08. The van der Waals surface area contributed by atoms with E-state index in [9.17, 15) is 13.2 Å². The summed E-state index contributed by atoms with van der Waals surface area (Å²) in [5, 5.41) is 9.27. The van der Waals surface area contributed by atoms with Crippen LogP contribution in [-0.2, 0) is 9.05 Å². The van der Waals surface area contributed by atoms with Crippen molar-refractivity contribution in [3.05, 3.63) is 11.4 Å². The van der Waals surface area contributed by atoms with E-state index in [0.717, 1.165) is 25.7 Å². The summed E-state index contributed by atoms with van der Waals surface area (Å²) in [5.74, 6) is -0.367. The van der Waals surface area contributed by atoms with Crippen molar-refractivity contribution >= 4 is 25.6 Å². The van der Waals surface area contributed by atoms with E-state index in [1.165, 1.54) is 0 Å². The number of H-pyrrole nitrogens is 1. The first-order chi connectivity index (χ1) is 9.30. The van der Waals surface area contributed by atoms with Crippen molar-refractivity contribution in [3.8, 4) is 0 Å². The van der Waals surface area contributed by atoms with Crippen molar-refractivity contribution in [2.24, 2.45) is 5.41 Å². The summed E-state index contributed by atoms with van der Waals surface area (Å²) in [6.07, 6.45) is 3.92. The summed E-state index contributed by atoms with van der Waals surface area (Å²) in [4.78, 5) is 12.0. The molecule has 0 unspecified atom stereocenters. The van der Waals surface area contributed by atoms with E-state index in [1.807, 2.05) is 0 Å². The Bertz CT molecular complexity index is 659. The van der Waals surface area contributed by atoms with Gasteiger partial charge in [0.05, 0.1) is 5.69 Å². The van der Waals surface area contributed by atoms with Gasteiger partial charge in [-0.2, -0.15) is 5.10 Å². The second-order valence-corrected chi connectivity index (χ2v) is 8.52. The largest absolute Gasteiger partial charge is 0.350 e. The molecule has 0 aliphatic heterocycles. The first-order valence-corrected chi connectivity index (χ1v) is 8.92. The van der Waals surface area contributed by atoms with E-state index < -0.39 is 15.0 Å². The van der Waals surface area contributed by atoms with Crippen LogP contribution < -0.4 is 5.32 Å². The van der Waals surface area contributed by atoms with E-state index in [1.54, 1.807) is 0 Å². The molecule has 0 saturated heterocycles. The molecule has 2 N–H and O–H groups in total. The predicted molar refractivity (Wildman–Crippen MR) is 73.3 cm³/mol. The van der Waals surface area contributed by atoms with Gasteiger partial charge in [0.2, 0.25) is 0 Å². The van der Waals surface area contributed by atoms with Crippen LogP contribution in [0.25, 0.3) is 0 Å². The minimum Gasteiger partial charge on any atom is -0.350 e. The van der Waals surface area contributed by atoms with Gasteiger partial charge in [-0.25, -0.2) is 8.42 Å². The third-order valence-corrected chi connectivity index (χ3v) is 5.34. The van der Waals surface area contributed by atoms with Gasteiger partial charge in [-0.1, -0.05) is 6.92 Å². The Morgan fingerprint density at radius 3 is 2.65 bits per heavy atom. The number of carbonyl (C=O) groups is 1. The topological polar surface area (TPSA) is 91.9 Å². The average Bonchev–Trinajstić information content (AvgIpc) is 3.27. The summed E-state index contributed by atoms with van der Waals surface area (Å²) in [5.41, 5.74) is 0.486. The highest BCUT2D eigenvalue weighted by molar-refractivity contribution is 8.13. The molecule has 0 bridgehead atoms. The smallest absolute Gasteiger partial charge is 0.273 e. The number of nitrogens with zero attached hydrogens (tertiary/aromatic N) is 1. The molecule has 1 heterocycles. The Labute approximate surface area is 121 Å². The molecular formula is C12H16ClN3O3S. The van der Waals surface area contributed by atoms with Crippen LogP contribution in [0.4, 0.5) is 0 Å². The second kappa shape index (κ2) is 4.46. The van der Waals surface area contributed by atoms with E-state index in [4.69, 9.17) is 10.7 Å². The SMILES string of the molecule is CC1(CNC(=O)c2n[nH]c(C3CC3)c2S(=O)(=O)Cl)CC1. The quantitative estimate of drug-likeness (QED) is 0.809. The maximum absolute atomic E-state index is 12.1. The fraction of sp³-hybridized carbons (Fsp3) is 0.667. The lowest BCUT2D eigenvalue weighted by molar-refractivity contribution is 0.0938. The van der Waals surface area contributed by atoms with Crippen LogP contribution in [0.2, 0.25) is 0 Å². The number of carbonyl (C=O) groups excluding carboxylic acids is 1. The lowest BCUT2D eigenvalue weighted by atomic mass is 10.1. The average molecular weight is 318 g/mol. The Balaban J connectivity index is 1.86. The minimum atomic E-state index is -3.99. The lowest BCUT2D eigenvalue weighted by Crippen LogP contribution is -2.30. The Morgan fingerprint density at radius 1 is 1.50 bits per heavy atom. The number of amides is 1. The second-order valence-electron chi connectivity index (χ2n) is 6.02. The maximum atomic E-state index is 12.1. The van der Waals surface area contributed by atoms with Gasteiger partial charge in [0.15, 0.2) is 5.69 Å². The normalized spacial score (nSPS) is 20.7. The first-order valence-electron chi connectivity index (χ1n) is 6.61. The number of aromatic nitrogens is 2. The van der Waals surface area contributed by atoms with Crippen molar-refractivity contribution in [2.45, 2.75) is 43.4 Å². The molecule has 110 valence electrons. The molecule has 2 aliphatic rings.